The Morgan fingerprint density at radius 2 is 1.83 bits per heavy atom. The van der Waals surface area contributed by atoms with Crippen LogP contribution in [0.2, 0.25) is 5.02 Å². The monoisotopic (exact) mass is 433 g/mol. The van der Waals surface area contributed by atoms with Crippen LogP contribution >= 0.6 is 23.4 Å². The first kappa shape index (κ1) is 21.3. The van der Waals surface area contributed by atoms with Gasteiger partial charge in [0.1, 0.15) is 5.82 Å². The van der Waals surface area contributed by atoms with Crippen molar-refractivity contribution in [3.63, 3.8) is 0 Å². The molecule has 1 amide bonds. The molecule has 1 heterocycles. The molecule has 29 heavy (non-hydrogen) atoms. The lowest BCUT2D eigenvalue weighted by atomic mass is 10.2. The van der Waals surface area contributed by atoms with Crippen molar-refractivity contribution >= 4 is 35.0 Å². The summed E-state index contributed by atoms with van der Waals surface area (Å²) < 4.78 is 15.2. The summed E-state index contributed by atoms with van der Waals surface area (Å²) in [7, 11) is 3.89. The van der Waals surface area contributed by atoms with E-state index in [1.807, 2.05) is 30.5 Å². The van der Waals surface area contributed by atoms with Crippen LogP contribution in [0.1, 0.15) is 18.8 Å². The van der Waals surface area contributed by atoms with E-state index in [0.29, 0.717) is 21.7 Å². The van der Waals surface area contributed by atoms with Gasteiger partial charge in [0.2, 0.25) is 5.91 Å². The third kappa shape index (κ3) is 5.35. The van der Waals surface area contributed by atoms with Gasteiger partial charge in [-0.25, -0.2) is 4.39 Å². The number of hydrogen-bond acceptors (Lipinski definition) is 5. The summed E-state index contributed by atoms with van der Waals surface area (Å²) in [5.41, 5.74) is 1.41. The number of carbonyl (C=O) groups is 1. The van der Waals surface area contributed by atoms with Gasteiger partial charge < -0.3 is 5.32 Å². The highest BCUT2D eigenvalue weighted by Gasteiger charge is 2.21. The van der Waals surface area contributed by atoms with E-state index in [1.54, 1.807) is 36.4 Å². The average molecular weight is 434 g/mol. The number of rotatable bonds is 7. The standard InChI is InChI=1S/C20H21ClFN5OS/c1-13(26(2)3)19-24-25-20(27(19)17-10-6-15(22)7-11-17)29-12-18(28)23-16-8-4-14(21)5-9-16/h4-11,13H,12H2,1-3H3,(H,23,28)/t13-/m1/s1. The molecule has 3 aromatic rings. The topological polar surface area (TPSA) is 63.1 Å². The normalized spacial score (nSPS) is 12.2. The van der Waals surface area contributed by atoms with Crippen molar-refractivity contribution in [3.8, 4) is 5.69 Å². The smallest absolute Gasteiger partial charge is 0.234 e. The second kappa shape index (κ2) is 9.39. The lowest BCUT2D eigenvalue weighted by Gasteiger charge is -2.20. The summed E-state index contributed by atoms with van der Waals surface area (Å²) in [6, 6.07) is 13.0. The molecule has 0 radical (unpaired) electrons. The highest BCUT2D eigenvalue weighted by atomic mass is 35.5. The molecule has 0 aliphatic carbocycles. The summed E-state index contributed by atoms with van der Waals surface area (Å²) in [6.07, 6.45) is 0. The van der Waals surface area contributed by atoms with Crippen molar-refractivity contribution < 1.29 is 9.18 Å². The molecule has 2 aromatic carbocycles. The summed E-state index contributed by atoms with van der Waals surface area (Å²) in [5.74, 6) is 0.370. The maximum Gasteiger partial charge on any atom is 0.234 e. The molecule has 3 rings (SSSR count). The number of thioether (sulfide) groups is 1. The SMILES string of the molecule is C[C@H](c1nnc(SCC(=O)Nc2ccc(Cl)cc2)n1-c1ccc(F)cc1)N(C)C. The summed E-state index contributed by atoms with van der Waals surface area (Å²) in [5, 5.41) is 12.6. The van der Waals surface area contributed by atoms with Gasteiger partial charge in [-0.05, 0) is 69.6 Å². The van der Waals surface area contributed by atoms with Crippen LogP contribution in [0.15, 0.2) is 53.7 Å². The van der Waals surface area contributed by atoms with Gasteiger partial charge in [0.15, 0.2) is 11.0 Å². The van der Waals surface area contributed by atoms with Crippen LogP contribution < -0.4 is 5.32 Å². The minimum Gasteiger partial charge on any atom is -0.325 e. The molecule has 0 bridgehead atoms. The van der Waals surface area contributed by atoms with Crippen LogP contribution in [0.4, 0.5) is 10.1 Å². The summed E-state index contributed by atoms with van der Waals surface area (Å²) in [6.45, 7) is 2.01. The van der Waals surface area contributed by atoms with Gasteiger partial charge in [0.25, 0.3) is 0 Å². The molecular weight excluding hydrogens is 413 g/mol. The Morgan fingerprint density at radius 1 is 1.17 bits per heavy atom. The molecule has 152 valence electrons. The lowest BCUT2D eigenvalue weighted by Crippen LogP contribution is -2.21. The third-order valence-corrected chi connectivity index (χ3v) is 5.53. The number of carbonyl (C=O) groups excluding carboxylic acids is 1. The number of anilines is 1. The summed E-state index contributed by atoms with van der Waals surface area (Å²) >= 11 is 7.13. The second-order valence-corrected chi connectivity index (χ2v) is 8.01. The Bertz CT molecular complexity index is 976. The van der Waals surface area contributed by atoms with Crippen LogP contribution in [0.5, 0.6) is 0 Å². The minimum absolute atomic E-state index is 0.0233. The first-order valence-corrected chi connectivity index (χ1v) is 10.3. The minimum atomic E-state index is -0.319. The first-order chi connectivity index (χ1) is 13.8. The Balaban J connectivity index is 1.80. The number of hydrogen-bond donors (Lipinski definition) is 1. The Morgan fingerprint density at radius 3 is 2.45 bits per heavy atom. The molecule has 0 unspecified atom stereocenters. The van der Waals surface area contributed by atoms with Crippen molar-refractivity contribution in [3.05, 3.63) is 65.2 Å². The fourth-order valence-electron chi connectivity index (χ4n) is 2.57. The highest BCUT2D eigenvalue weighted by Crippen LogP contribution is 2.27. The van der Waals surface area contributed by atoms with Crippen LogP contribution in [-0.2, 0) is 4.79 Å². The molecule has 6 nitrogen and oxygen atoms in total. The van der Waals surface area contributed by atoms with E-state index in [-0.39, 0.29) is 23.5 Å². The van der Waals surface area contributed by atoms with Crippen LogP contribution in [0, 0.1) is 5.82 Å². The van der Waals surface area contributed by atoms with Gasteiger partial charge in [0, 0.05) is 16.4 Å². The van der Waals surface area contributed by atoms with Crippen LogP contribution in [0.25, 0.3) is 5.69 Å². The molecule has 0 fully saturated rings. The number of benzene rings is 2. The lowest BCUT2D eigenvalue weighted by molar-refractivity contribution is -0.113. The first-order valence-electron chi connectivity index (χ1n) is 8.91. The Labute approximate surface area is 178 Å². The zero-order valence-electron chi connectivity index (χ0n) is 16.3. The van der Waals surface area contributed by atoms with E-state index in [4.69, 9.17) is 11.6 Å². The fourth-order valence-corrected chi connectivity index (χ4v) is 3.45. The number of nitrogens with zero attached hydrogens (tertiary/aromatic N) is 4. The van der Waals surface area contributed by atoms with Gasteiger partial charge in [-0.2, -0.15) is 0 Å². The van der Waals surface area contributed by atoms with Crippen molar-refractivity contribution in [2.24, 2.45) is 0 Å². The van der Waals surface area contributed by atoms with E-state index in [9.17, 15) is 9.18 Å². The molecule has 0 aliphatic rings. The van der Waals surface area contributed by atoms with Crippen molar-refractivity contribution in [2.45, 2.75) is 18.1 Å². The van der Waals surface area contributed by atoms with Crippen LogP contribution in [0.3, 0.4) is 0 Å². The van der Waals surface area contributed by atoms with Gasteiger partial charge >= 0.3 is 0 Å². The highest BCUT2D eigenvalue weighted by molar-refractivity contribution is 7.99. The molecular formula is C20H21ClFN5OS. The Hall–Kier alpha value is -2.42. The molecule has 1 aromatic heterocycles. The second-order valence-electron chi connectivity index (χ2n) is 6.64. The molecule has 1 N–H and O–H groups in total. The molecule has 9 heteroatoms. The largest absolute Gasteiger partial charge is 0.325 e. The summed E-state index contributed by atoms with van der Waals surface area (Å²) in [4.78, 5) is 14.3. The van der Waals surface area contributed by atoms with Crippen molar-refractivity contribution in [1.29, 1.82) is 0 Å². The molecule has 0 spiro atoms. The van der Waals surface area contributed by atoms with Gasteiger partial charge in [-0.3, -0.25) is 14.3 Å². The molecule has 0 saturated heterocycles. The maximum atomic E-state index is 13.4. The number of amides is 1. The van der Waals surface area contributed by atoms with E-state index < -0.39 is 0 Å². The fraction of sp³-hybridized carbons (Fsp3) is 0.250. The number of aromatic nitrogens is 3. The van der Waals surface area contributed by atoms with E-state index >= 15 is 0 Å². The van der Waals surface area contributed by atoms with Gasteiger partial charge in [-0.15, -0.1) is 10.2 Å². The maximum absolute atomic E-state index is 13.4. The van der Waals surface area contributed by atoms with Crippen molar-refractivity contribution in [1.82, 2.24) is 19.7 Å². The van der Waals surface area contributed by atoms with E-state index in [2.05, 4.69) is 15.5 Å². The average Bonchev–Trinajstić information content (AvgIpc) is 3.12. The predicted octanol–water partition coefficient (Wildman–Crippen LogP) is 4.41. The molecule has 0 saturated carbocycles. The number of halogens is 2. The quantitative estimate of drug-likeness (QED) is 0.559. The number of nitrogens with one attached hydrogen (secondary N) is 1. The van der Waals surface area contributed by atoms with E-state index in [0.717, 1.165) is 5.69 Å². The van der Waals surface area contributed by atoms with E-state index in [1.165, 1.54) is 23.9 Å². The van der Waals surface area contributed by atoms with Crippen molar-refractivity contribution in [2.75, 3.05) is 25.2 Å². The van der Waals surface area contributed by atoms with Gasteiger partial charge in [0.05, 0.1) is 11.8 Å². The Kier molecular flexibility index (Phi) is 6.89. The molecule has 0 aliphatic heterocycles. The zero-order chi connectivity index (χ0) is 21.0. The third-order valence-electron chi connectivity index (χ3n) is 4.35. The molecule has 1 atom stereocenters. The zero-order valence-corrected chi connectivity index (χ0v) is 17.8. The predicted molar refractivity (Wildman–Crippen MR) is 114 cm³/mol. The van der Waals surface area contributed by atoms with Crippen LogP contribution in [-0.4, -0.2) is 45.4 Å². The van der Waals surface area contributed by atoms with Gasteiger partial charge in [-0.1, -0.05) is 23.4 Å².